The van der Waals surface area contributed by atoms with E-state index in [0.29, 0.717) is 6.07 Å². The first-order chi connectivity index (χ1) is 9.70. The molecular weight excluding hydrogens is 296 g/mol. The van der Waals surface area contributed by atoms with Crippen molar-refractivity contribution in [3.8, 4) is 0 Å². The molecule has 21 heavy (non-hydrogen) atoms. The Morgan fingerprint density at radius 3 is 2.52 bits per heavy atom. The molecule has 5 nitrogen and oxygen atoms in total. The molecule has 0 fully saturated rings. The number of nitrogens with one attached hydrogen (secondary N) is 1. The van der Waals surface area contributed by atoms with Gasteiger partial charge in [-0.2, -0.15) is 13.2 Å². The number of nitro groups is 1. The van der Waals surface area contributed by atoms with Gasteiger partial charge in [-0.3, -0.25) is 14.9 Å². The highest BCUT2D eigenvalue weighted by Gasteiger charge is 2.26. The van der Waals surface area contributed by atoms with Crippen LogP contribution >= 0.6 is 0 Å². The van der Waals surface area contributed by atoms with Crippen molar-refractivity contribution in [1.29, 1.82) is 0 Å². The van der Waals surface area contributed by atoms with Crippen LogP contribution in [-0.2, 0) is 0 Å². The van der Waals surface area contributed by atoms with Gasteiger partial charge in [-0.25, -0.2) is 4.39 Å². The molecular formula is C12H12F4N2O3. The molecule has 0 aromatic heterocycles. The Morgan fingerprint density at radius 2 is 1.95 bits per heavy atom. The number of carbonyl (C=O) groups is 1. The Labute approximate surface area is 117 Å². The lowest BCUT2D eigenvalue weighted by molar-refractivity contribution is -0.385. The first kappa shape index (κ1) is 16.9. The highest BCUT2D eigenvalue weighted by Crippen LogP contribution is 2.22. The van der Waals surface area contributed by atoms with Crippen molar-refractivity contribution in [3.05, 3.63) is 39.7 Å². The zero-order chi connectivity index (χ0) is 16.0. The van der Waals surface area contributed by atoms with Gasteiger partial charge in [0.25, 0.3) is 11.6 Å². The summed E-state index contributed by atoms with van der Waals surface area (Å²) in [5.74, 6) is -1.71. The molecule has 1 rings (SSSR count). The minimum atomic E-state index is -4.26. The number of hydrogen-bond donors (Lipinski definition) is 1. The largest absolute Gasteiger partial charge is 0.389 e. The van der Waals surface area contributed by atoms with E-state index in [1.807, 2.05) is 0 Å². The molecule has 116 valence electrons. The summed E-state index contributed by atoms with van der Waals surface area (Å²) in [6.07, 6.45) is -5.34. The average molecular weight is 308 g/mol. The van der Waals surface area contributed by atoms with Crippen molar-refractivity contribution in [2.45, 2.75) is 25.4 Å². The van der Waals surface area contributed by atoms with Crippen molar-refractivity contribution in [1.82, 2.24) is 5.32 Å². The van der Waals surface area contributed by atoms with Gasteiger partial charge in [0, 0.05) is 19.0 Å². The Bertz CT molecular complexity index is 532. The molecule has 1 amide bonds. The minimum Gasteiger partial charge on any atom is -0.352 e. The van der Waals surface area contributed by atoms with E-state index in [1.165, 1.54) is 0 Å². The van der Waals surface area contributed by atoms with Gasteiger partial charge in [0.05, 0.1) is 4.92 Å². The van der Waals surface area contributed by atoms with Gasteiger partial charge in [-0.1, -0.05) is 0 Å². The first-order valence-corrected chi connectivity index (χ1v) is 5.99. The summed E-state index contributed by atoms with van der Waals surface area (Å²) < 4.78 is 48.7. The molecule has 0 unspecified atom stereocenters. The van der Waals surface area contributed by atoms with Crippen LogP contribution in [0.4, 0.5) is 23.2 Å². The van der Waals surface area contributed by atoms with Gasteiger partial charge in [0.2, 0.25) is 0 Å². The molecule has 0 aliphatic heterocycles. The van der Waals surface area contributed by atoms with E-state index in [-0.39, 0.29) is 19.4 Å². The van der Waals surface area contributed by atoms with Gasteiger partial charge < -0.3 is 5.32 Å². The summed E-state index contributed by atoms with van der Waals surface area (Å²) in [5.41, 5.74) is -1.03. The van der Waals surface area contributed by atoms with Crippen LogP contribution in [0, 0.1) is 15.9 Å². The van der Waals surface area contributed by atoms with Gasteiger partial charge in [0.15, 0.2) is 0 Å². The zero-order valence-corrected chi connectivity index (χ0v) is 10.7. The molecule has 0 saturated heterocycles. The number of nitrogens with zero attached hydrogens (tertiary/aromatic N) is 1. The summed E-state index contributed by atoms with van der Waals surface area (Å²) in [6, 6.07) is 2.41. The van der Waals surface area contributed by atoms with Gasteiger partial charge in [-0.05, 0) is 25.0 Å². The van der Waals surface area contributed by atoms with Crippen molar-refractivity contribution in [2.75, 3.05) is 6.54 Å². The maximum absolute atomic E-state index is 13.0. The van der Waals surface area contributed by atoms with E-state index in [4.69, 9.17) is 0 Å². The van der Waals surface area contributed by atoms with E-state index in [2.05, 4.69) is 5.32 Å². The third kappa shape index (κ3) is 5.76. The number of hydrogen-bond acceptors (Lipinski definition) is 3. The summed E-state index contributed by atoms with van der Waals surface area (Å²) in [7, 11) is 0. The second kappa shape index (κ2) is 7.00. The van der Waals surface area contributed by atoms with Crippen LogP contribution in [0.5, 0.6) is 0 Å². The minimum absolute atomic E-state index is 0.0639. The van der Waals surface area contributed by atoms with Crippen molar-refractivity contribution in [3.63, 3.8) is 0 Å². The number of alkyl halides is 3. The number of benzene rings is 1. The Morgan fingerprint density at radius 1 is 1.29 bits per heavy atom. The summed E-state index contributed by atoms with van der Waals surface area (Å²) >= 11 is 0. The fourth-order valence-corrected chi connectivity index (χ4v) is 1.60. The Hall–Kier alpha value is -2.19. The molecule has 0 radical (unpaired) electrons. The molecule has 0 atom stereocenters. The summed E-state index contributed by atoms with van der Waals surface area (Å²) in [5, 5.41) is 12.9. The highest BCUT2D eigenvalue weighted by molar-refractivity contribution is 5.98. The second-order valence-electron chi connectivity index (χ2n) is 4.25. The molecule has 0 aliphatic rings. The van der Waals surface area contributed by atoms with Crippen LogP contribution in [-0.4, -0.2) is 23.6 Å². The lowest BCUT2D eigenvalue weighted by atomic mass is 10.1. The fourth-order valence-electron chi connectivity index (χ4n) is 1.60. The van der Waals surface area contributed by atoms with Gasteiger partial charge in [-0.15, -0.1) is 0 Å². The SMILES string of the molecule is O=C(NCCCCC(F)(F)F)c1cc(F)ccc1[N+](=O)[O-]. The smallest absolute Gasteiger partial charge is 0.352 e. The third-order valence-electron chi connectivity index (χ3n) is 2.57. The van der Waals surface area contributed by atoms with Crippen LogP contribution in [0.15, 0.2) is 18.2 Å². The molecule has 1 N–H and O–H groups in total. The maximum Gasteiger partial charge on any atom is 0.389 e. The number of carbonyl (C=O) groups excluding carboxylic acids is 1. The molecule has 1 aromatic rings. The molecule has 0 aliphatic carbocycles. The number of amides is 1. The second-order valence-corrected chi connectivity index (χ2v) is 4.25. The van der Waals surface area contributed by atoms with Crippen LogP contribution in [0.2, 0.25) is 0 Å². The molecule has 9 heteroatoms. The molecule has 0 heterocycles. The maximum atomic E-state index is 13.0. The number of nitro benzene ring substituents is 1. The average Bonchev–Trinajstić information content (AvgIpc) is 2.36. The quantitative estimate of drug-likeness (QED) is 0.379. The lowest BCUT2D eigenvalue weighted by Gasteiger charge is -2.07. The Balaban J connectivity index is 2.56. The molecule has 1 aromatic carbocycles. The van der Waals surface area contributed by atoms with Crippen molar-refractivity contribution < 1.29 is 27.3 Å². The third-order valence-corrected chi connectivity index (χ3v) is 2.57. The lowest BCUT2D eigenvalue weighted by Crippen LogP contribution is -2.25. The van der Waals surface area contributed by atoms with E-state index in [1.54, 1.807) is 0 Å². The normalized spacial score (nSPS) is 11.2. The fraction of sp³-hybridized carbons (Fsp3) is 0.417. The zero-order valence-electron chi connectivity index (χ0n) is 10.7. The van der Waals surface area contributed by atoms with E-state index in [9.17, 15) is 32.5 Å². The van der Waals surface area contributed by atoms with E-state index >= 15 is 0 Å². The van der Waals surface area contributed by atoms with Crippen LogP contribution in [0.3, 0.4) is 0 Å². The summed E-state index contributed by atoms with van der Waals surface area (Å²) in [6.45, 7) is -0.0808. The standard InChI is InChI=1S/C12H12F4N2O3/c13-8-3-4-10(18(20)21)9(7-8)11(19)17-6-2-1-5-12(14,15)16/h3-4,7H,1-2,5-6H2,(H,17,19). The van der Waals surface area contributed by atoms with Gasteiger partial charge in [0.1, 0.15) is 11.4 Å². The van der Waals surface area contributed by atoms with E-state index in [0.717, 1.165) is 12.1 Å². The monoisotopic (exact) mass is 308 g/mol. The molecule has 0 bridgehead atoms. The van der Waals surface area contributed by atoms with Gasteiger partial charge >= 0.3 is 6.18 Å². The van der Waals surface area contributed by atoms with E-state index < -0.39 is 40.5 Å². The van der Waals surface area contributed by atoms with Crippen molar-refractivity contribution in [2.24, 2.45) is 0 Å². The predicted octanol–water partition coefficient (Wildman–Crippen LogP) is 3.20. The highest BCUT2D eigenvalue weighted by atomic mass is 19.4. The topological polar surface area (TPSA) is 72.2 Å². The number of halogens is 4. The predicted molar refractivity (Wildman–Crippen MR) is 65.3 cm³/mol. The Kier molecular flexibility index (Phi) is 5.62. The number of unbranched alkanes of at least 4 members (excludes halogenated alkanes) is 1. The van der Waals surface area contributed by atoms with Crippen molar-refractivity contribution >= 4 is 11.6 Å². The first-order valence-electron chi connectivity index (χ1n) is 5.99. The van der Waals surface area contributed by atoms with Crippen LogP contribution in [0.25, 0.3) is 0 Å². The van der Waals surface area contributed by atoms with Crippen LogP contribution < -0.4 is 5.32 Å². The summed E-state index contributed by atoms with van der Waals surface area (Å²) in [4.78, 5) is 21.5. The van der Waals surface area contributed by atoms with Crippen LogP contribution in [0.1, 0.15) is 29.6 Å². The molecule has 0 spiro atoms. The molecule has 0 saturated carbocycles. The number of rotatable bonds is 6.